The van der Waals surface area contributed by atoms with Gasteiger partial charge in [-0.2, -0.15) is 0 Å². The lowest BCUT2D eigenvalue weighted by molar-refractivity contribution is -0.395. The molecule has 1 aromatic carbocycles. The van der Waals surface area contributed by atoms with Gasteiger partial charge in [0.05, 0.1) is 24.1 Å². The summed E-state index contributed by atoms with van der Waals surface area (Å²) >= 11 is 0. The summed E-state index contributed by atoms with van der Waals surface area (Å²) in [5, 5.41) is 25.3. The molecule has 0 aliphatic carbocycles. The minimum Gasteiger partial charge on any atom is -0.490 e. The fourth-order valence-corrected chi connectivity index (χ4v) is 2.46. The lowest BCUT2D eigenvalue weighted by atomic mass is 10.1. The summed E-state index contributed by atoms with van der Waals surface area (Å²) in [6, 6.07) is 1.02. The second kappa shape index (κ2) is 9.51. The van der Waals surface area contributed by atoms with Crippen LogP contribution in [0.1, 0.15) is 24.2 Å². The predicted molar refractivity (Wildman–Crippen MR) is 93.0 cm³/mol. The van der Waals surface area contributed by atoms with E-state index in [1.165, 1.54) is 0 Å². The van der Waals surface area contributed by atoms with Crippen molar-refractivity contribution in [2.45, 2.75) is 13.8 Å². The molecule has 1 N–H and O–H groups in total. The van der Waals surface area contributed by atoms with Crippen molar-refractivity contribution < 1.29 is 24.1 Å². The number of hydrogen-bond donors (Lipinski definition) is 1. The standard InChI is InChI=1S/C15H22N4O7/c1-5-17(6-2)8-7-16-15(20)12-13(18(21)22)10(25-3)9-11(26-4)14(12)19(23)24/h9H,5-8H2,1-4H3,(H,16,20). The molecular formula is C15H22N4O7. The molecule has 0 bridgehead atoms. The molecule has 11 heteroatoms. The molecule has 0 unspecified atom stereocenters. The largest absolute Gasteiger partial charge is 0.490 e. The molecule has 1 rings (SSSR count). The number of hydrogen-bond acceptors (Lipinski definition) is 8. The fourth-order valence-electron chi connectivity index (χ4n) is 2.46. The highest BCUT2D eigenvalue weighted by molar-refractivity contribution is 6.04. The zero-order valence-electron chi connectivity index (χ0n) is 15.1. The maximum Gasteiger partial charge on any atom is 0.330 e. The van der Waals surface area contributed by atoms with E-state index in [0.717, 1.165) is 33.4 Å². The van der Waals surface area contributed by atoms with Gasteiger partial charge in [0.2, 0.25) is 17.1 Å². The van der Waals surface area contributed by atoms with Gasteiger partial charge in [-0.05, 0) is 13.1 Å². The van der Waals surface area contributed by atoms with Gasteiger partial charge in [0.15, 0.2) is 0 Å². The lowest BCUT2D eigenvalue weighted by Crippen LogP contribution is -2.35. The minimum atomic E-state index is -0.937. The molecule has 26 heavy (non-hydrogen) atoms. The van der Waals surface area contributed by atoms with E-state index < -0.39 is 32.7 Å². The van der Waals surface area contributed by atoms with Crippen molar-refractivity contribution in [3.63, 3.8) is 0 Å². The first kappa shape index (κ1) is 21.1. The third kappa shape index (κ3) is 4.57. The van der Waals surface area contributed by atoms with Crippen molar-refractivity contribution in [1.29, 1.82) is 0 Å². The van der Waals surface area contributed by atoms with Crippen LogP contribution < -0.4 is 14.8 Å². The van der Waals surface area contributed by atoms with Crippen LogP contribution >= 0.6 is 0 Å². The van der Waals surface area contributed by atoms with Crippen LogP contribution in [-0.4, -0.2) is 61.1 Å². The molecular weight excluding hydrogens is 348 g/mol. The van der Waals surface area contributed by atoms with E-state index in [1.807, 2.05) is 18.7 Å². The topological polar surface area (TPSA) is 137 Å². The van der Waals surface area contributed by atoms with Gasteiger partial charge in [-0.15, -0.1) is 0 Å². The molecule has 144 valence electrons. The normalized spacial score (nSPS) is 10.5. The van der Waals surface area contributed by atoms with E-state index in [0.29, 0.717) is 6.54 Å². The smallest absolute Gasteiger partial charge is 0.330 e. The molecule has 0 fully saturated rings. The molecule has 1 amide bonds. The van der Waals surface area contributed by atoms with Gasteiger partial charge in [-0.25, -0.2) is 0 Å². The van der Waals surface area contributed by atoms with Crippen molar-refractivity contribution in [3.05, 3.63) is 31.9 Å². The zero-order valence-corrected chi connectivity index (χ0v) is 15.1. The number of nitrogens with one attached hydrogen (secondary N) is 1. The van der Waals surface area contributed by atoms with Gasteiger partial charge in [-0.3, -0.25) is 25.0 Å². The Hall–Kier alpha value is -2.95. The van der Waals surface area contributed by atoms with E-state index in [4.69, 9.17) is 9.47 Å². The molecule has 0 aliphatic heterocycles. The van der Waals surface area contributed by atoms with Crippen molar-refractivity contribution in [2.24, 2.45) is 0 Å². The van der Waals surface area contributed by atoms with E-state index in [-0.39, 0.29) is 18.0 Å². The molecule has 11 nitrogen and oxygen atoms in total. The Kier molecular flexibility index (Phi) is 7.72. The monoisotopic (exact) mass is 370 g/mol. The van der Waals surface area contributed by atoms with E-state index in [2.05, 4.69) is 5.32 Å². The molecule has 0 atom stereocenters. The molecule has 0 saturated heterocycles. The number of nitrogens with zero attached hydrogens (tertiary/aromatic N) is 3. The van der Waals surface area contributed by atoms with Crippen LogP contribution in [0.5, 0.6) is 11.5 Å². The lowest BCUT2D eigenvalue weighted by Gasteiger charge is -2.18. The second-order valence-electron chi connectivity index (χ2n) is 5.15. The van der Waals surface area contributed by atoms with Crippen LogP contribution in [-0.2, 0) is 0 Å². The van der Waals surface area contributed by atoms with E-state index >= 15 is 0 Å². The highest BCUT2D eigenvalue weighted by Crippen LogP contribution is 2.43. The fraction of sp³-hybridized carbons (Fsp3) is 0.533. The number of benzene rings is 1. The number of carbonyl (C=O) groups excluding carboxylic acids is 1. The summed E-state index contributed by atoms with van der Waals surface area (Å²) in [5.41, 5.74) is -2.25. The summed E-state index contributed by atoms with van der Waals surface area (Å²) in [6.45, 7) is 6.11. The summed E-state index contributed by atoms with van der Waals surface area (Å²) < 4.78 is 9.84. The molecule has 0 aromatic heterocycles. The Labute approximate surface area is 150 Å². The Morgan fingerprint density at radius 3 is 1.88 bits per heavy atom. The van der Waals surface area contributed by atoms with Crippen LogP contribution in [0, 0.1) is 20.2 Å². The molecule has 1 aromatic rings. The molecule has 0 heterocycles. The quantitative estimate of drug-likeness (QED) is 0.484. The van der Waals surface area contributed by atoms with Gasteiger partial charge >= 0.3 is 11.4 Å². The summed E-state index contributed by atoms with van der Waals surface area (Å²) in [6.07, 6.45) is 0. The number of nitro benzene ring substituents is 2. The van der Waals surface area contributed by atoms with Crippen LogP contribution in [0.3, 0.4) is 0 Å². The number of ether oxygens (including phenoxy) is 2. The Morgan fingerprint density at radius 1 is 1.08 bits per heavy atom. The second-order valence-corrected chi connectivity index (χ2v) is 5.15. The number of methoxy groups -OCH3 is 2. The number of amides is 1. The van der Waals surface area contributed by atoms with Gasteiger partial charge in [-0.1, -0.05) is 13.8 Å². The zero-order chi connectivity index (χ0) is 19.9. The number of likely N-dealkylation sites (N-methyl/N-ethyl adjacent to an activating group) is 1. The highest BCUT2D eigenvalue weighted by atomic mass is 16.6. The number of rotatable bonds is 10. The highest BCUT2D eigenvalue weighted by Gasteiger charge is 2.38. The first-order chi connectivity index (χ1) is 12.3. The first-order valence-electron chi connectivity index (χ1n) is 7.90. The van der Waals surface area contributed by atoms with E-state index in [9.17, 15) is 25.0 Å². The van der Waals surface area contributed by atoms with Crippen molar-refractivity contribution in [2.75, 3.05) is 40.4 Å². The summed E-state index contributed by atoms with van der Waals surface area (Å²) in [4.78, 5) is 35.7. The third-order valence-corrected chi connectivity index (χ3v) is 3.84. The Balaban J connectivity index is 3.38. The average molecular weight is 370 g/mol. The average Bonchev–Trinajstić information content (AvgIpc) is 2.62. The van der Waals surface area contributed by atoms with Gasteiger partial charge in [0, 0.05) is 19.2 Å². The molecule has 0 spiro atoms. The molecule has 0 saturated carbocycles. The summed E-state index contributed by atoms with van der Waals surface area (Å²) in [7, 11) is 2.32. The molecule has 0 aliphatic rings. The predicted octanol–water partition coefficient (Wildman–Crippen LogP) is 1.59. The first-order valence-corrected chi connectivity index (χ1v) is 7.90. The van der Waals surface area contributed by atoms with Crippen LogP contribution in [0.4, 0.5) is 11.4 Å². The van der Waals surface area contributed by atoms with Crippen LogP contribution in [0.15, 0.2) is 6.07 Å². The van der Waals surface area contributed by atoms with Gasteiger partial charge in [0.25, 0.3) is 5.91 Å². The Bertz CT molecular complexity index is 649. The maximum atomic E-state index is 12.5. The Morgan fingerprint density at radius 2 is 1.54 bits per heavy atom. The van der Waals surface area contributed by atoms with Gasteiger partial charge < -0.3 is 19.7 Å². The summed E-state index contributed by atoms with van der Waals surface area (Å²) in [5.74, 6) is -1.54. The van der Waals surface area contributed by atoms with Crippen LogP contribution in [0.2, 0.25) is 0 Å². The van der Waals surface area contributed by atoms with Crippen molar-refractivity contribution in [1.82, 2.24) is 10.2 Å². The number of nitro groups is 2. The molecule has 0 radical (unpaired) electrons. The van der Waals surface area contributed by atoms with Crippen molar-refractivity contribution >= 4 is 17.3 Å². The maximum absolute atomic E-state index is 12.5. The van der Waals surface area contributed by atoms with Gasteiger partial charge in [0.1, 0.15) is 0 Å². The SMILES string of the molecule is CCN(CC)CCNC(=O)c1c([N+](=O)[O-])c(OC)cc(OC)c1[N+](=O)[O-]. The minimum absolute atomic E-state index is 0.175. The van der Waals surface area contributed by atoms with Crippen molar-refractivity contribution in [3.8, 4) is 11.5 Å². The number of carbonyl (C=O) groups is 1. The van der Waals surface area contributed by atoms with Crippen LogP contribution in [0.25, 0.3) is 0 Å². The third-order valence-electron chi connectivity index (χ3n) is 3.84. The van der Waals surface area contributed by atoms with E-state index in [1.54, 1.807) is 0 Å².